The van der Waals surface area contributed by atoms with Crippen LogP contribution in [0.15, 0.2) is 12.1 Å². The molecule has 0 saturated carbocycles. The molecule has 0 aromatic heterocycles. The molecule has 2 heterocycles. The number of carbonyl (C=O) groups excluding carboxylic acids is 3. The largest absolute Gasteiger partial charge is 0.493 e. The van der Waals surface area contributed by atoms with Crippen molar-refractivity contribution in [2.24, 2.45) is 0 Å². The summed E-state index contributed by atoms with van der Waals surface area (Å²) in [6.07, 6.45) is 4.36. The maximum Gasteiger partial charge on any atom is 0.256 e. The lowest BCUT2D eigenvalue weighted by atomic mass is 10.1. The number of anilines is 1. The highest BCUT2D eigenvalue weighted by Crippen LogP contribution is 2.37. The highest BCUT2D eigenvalue weighted by atomic mass is 16.5. The summed E-state index contributed by atoms with van der Waals surface area (Å²) in [6, 6.07) is 2.88. The predicted octanol–water partition coefficient (Wildman–Crippen LogP) is 1.95. The van der Waals surface area contributed by atoms with Gasteiger partial charge in [0.15, 0.2) is 11.5 Å². The van der Waals surface area contributed by atoms with Crippen molar-refractivity contribution in [1.29, 1.82) is 0 Å². The molecular weight excluding hydrogens is 402 g/mol. The zero-order valence-corrected chi connectivity index (χ0v) is 18.2. The number of ether oxygens (including phenoxy) is 3. The Hall–Kier alpha value is -2.81. The maximum absolute atomic E-state index is 12.9. The number of fused-ring (bicyclic) bond motifs is 2. The van der Waals surface area contributed by atoms with Crippen LogP contribution in [0.2, 0.25) is 0 Å². The molecule has 0 radical (unpaired) electrons. The van der Waals surface area contributed by atoms with Crippen molar-refractivity contribution in [3.8, 4) is 11.5 Å². The molecule has 1 aromatic rings. The van der Waals surface area contributed by atoms with Gasteiger partial charge in [0.2, 0.25) is 11.8 Å². The molecule has 1 saturated heterocycles. The number of nitrogens with one attached hydrogen (secondary N) is 2. The molecule has 31 heavy (non-hydrogen) atoms. The zero-order chi connectivity index (χ0) is 22.2. The molecule has 3 amide bonds. The highest BCUT2D eigenvalue weighted by Gasteiger charge is 2.39. The third-order valence-electron chi connectivity index (χ3n) is 5.54. The van der Waals surface area contributed by atoms with Crippen LogP contribution in [0.5, 0.6) is 11.5 Å². The van der Waals surface area contributed by atoms with E-state index < -0.39 is 6.04 Å². The number of unbranched alkanes of at least 4 members (excludes halogenated alkanes) is 2. The van der Waals surface area contributed by atoms with Crippen LogP contribution in [0.3, 0.4) is 0 Å². The van der Waals surface area contributed by atoms with Gasteiger partial charge in [-0.3, -0.25) is 14.4 Å². The first kappa shape index (κ1) is 22.9. The van der Waals surface area contributed by atoms with Gasteiger partial charge in [0, 0.05) is 32.7 Å². The Morgan fingerprint density at radius 1 is 1.16 bits per heavy atom. The van der Waals surface area contributed by atoms with E-state index in [1.807, 2.05) is 0 Å². The van der Waals surface area contributed by atoms with Gasteiger partial charge in [-0.05, 0) is 38.2 Å². The number of nitrogens with zero attached hydrogens (tertiary/aromatic N) is 1. The van der Waals surface area contributed by atoms with Crippen molar-refractivity contribution in [1.82, 2.24) is 10.2 Å². The smallest absolute Gasteiger partial charge is 0.256 e. The molecule has 2 N–H and O–H groups in total. The van der Waals surface area contributed by atoms with E-state index >= 15 is 0 Å². The summed E-state index contributed by atoms with van der Waals surface area (Å²) in [6.45, 7) is 2.06. The van der Waals surface area contributed by atoms with Crippen LogP contribution < -0.4 is 20.1 Å². The minimum atomic E-state index is -0.415. The van der Waals surface area contributed by atoms with Gasteiger partial charge in [-0.1, -0.05) is 0 Å². The van der Waals surface area contributed by atoms with E-state index in [2.05, 4.69) is 10.6 Å². The van der Waals surface area contributed by atoms with Gasteiger partial charge in [0.25, 0.3) is 5.91 Å². The number of hydrogen-bond acceptors (Lipinski definition) is 6. The molecular formula is C22H31N3O6. The van der Waals surface area contributed by atoms with Gasteiger partial charge < -0.3 is 29.7 Å². The van der Waals surface area contributed by atoms with Gasteiger partial charge >= 0.3 is 0 Å². The van der Waals surface area contributed by atoms with Crippen LogP contribution in [0.25, 0.3) is 0 Å². The van der Waals surface area contributed by atoms with Crippen molar-refractivity contribution in [3.63, 3.8) is 0 Å². The summed E-state index contributed by atoms with van der Waals surface area (Å²) in [4.78, 5) is 38.7. The Morgan fingerprint density at radius 3 is 2.77 bits per heavy atom. The van der Waals surface area contributed by atoms with E-state index in [1.165, 1.54) is 7.11 Å². The van der Waals surface area contributed by atoms with Crippen molar-refractivity contribution >= 4 is 23.4 Å². The van der Waals surface area contributed by atoms with Crippen LogP contribution in [0.4, 0.5) is 5.69 Å². The molecule has 3 rings (SSSR count). The third-order valence-corrected chi connectivity index (χ3v) is 5.54. The number of hydrogen-bond donors (Lipinski definition) is 2. The van der Waals surface area contributed by atoms with Crippen molar-refractivity contribution < 1.29 is 28.6 Å². The molecule has 0 spiro atoms. The number of carbonyl (C=O) groups is 3. The van der Waals surface area contributed by atoms with E-state index in [1.54, 1.807) is 24.1 Å². The number of amides is 3. The second-order valence-corrected chi connectivity index (χ2v) is 7.70. The van der Waals surface area contributed by atoms with Crippen LogP contribution in [-0.2, 0) is 14.3 Å². The second-order valence-electron chi connectivity index (χ2n) is 7.70. The molecule has 0 aliphatic carbocycles. The third kappa shape index (κ3) is 5.66. The Labute approximate surface area is 182 Å². The molecule has 0 bridgehead atoms. The second kappa shape index (κ2) is 11.0. The fraction of sp³-hybridized carbons (Fsp3) is 0.591. The average Bonchev–Trinajstić information content (AvgIpc) is 3.23. The normalized spacial score (nSPS) is 17.5. The van der Waals surface area contributed by atoms with Crippen molar-refractivity contribution in [3.05, 3.63) is 17.7 Å². The molecule has 2 aliphatic heterocycles. The minimum absolute atomic E-state index is 0.0197. The van der Waals surface area contributed by atoms with Crippen molar-refractivity contribution in [2.45, 2.75) is 44.6 Å². The summed E-state index contributed by atoms with van der Waals surface area (Å²) >= 11 is 0. The lowest BCUT2D eigenvalue weighted by molar-refractivity contribution is -0.121. The van der Waals surface area contributed by atoms with Gasteiger partial charge in [0.05, 0.1) is 31.6 Å². The Morgan fingerprint density at radius 2 is 2.00 bits per heavy atom. The first-order valence-electron chi connectivity index (χ1n) is 10.8. The van der Waals surface area contributed by atoms with Crippen LogP contribution in [0.1, 0.15) is 48.9 Å². The van der Waals surface area contributed by atoms with E-state index in [0.717, 1.165) is 25.7 Å². The van der Waals surface area contributed by atoms with Gasteiger partial charge in [-0.2, -0.15) is 0 Å². The molecule has 2 aliphatic rings. The van der Waals surface area contributed by atoms with Crippen LogP contribution in [0, 0.1) is 0 Å². The number of rotatable bonds is 11. The van der Waals surface area contributed by atoms with E-state index in [0.29, 0.717) is 61.9 Å². The lowest BCUT2D eigenvalue weighted by Gasteiger charge is -2.20. The lowest BCUT2D eigenvalue weighted by Crippen LogP contribution is -2.40. The first-order chi connectivity index (χ1) is 15.0. The standard InChI is InChI=1S/C22H31N3O6/c1-29-12-9-23-20(26)8-4-3-5-11-31-19-14-16-15(13-18(19)30-2)22(28)25-10-6-7-17(25)21(27)24-16/h13-14,17H,3-12H2,1-2H3,(H,23,26)(H,24,27)/t17-/m0/s1. The number of benzene rings is 1. The molecule has 9 nitrogen and oxygen atoms in total. The van der Waals surface area contributed by atoms with Gasteiger partial charge in [-0.25, -0.2) is 0 Å². The Bertz CT molecular complexity index is 813. The summed E-state index contributed by atoms with van der Waals surface area (Å²) in [5.41, 5.74) is 0.870. The molecule has 1 atom stereocenters. The quantitative estimate of drug-likeness (QED) is 0.517. The minimum Gasteiger partial charge on any atom is -0.493 e. The van der Waals surface area contributed by atoms with E-state index in [9.17, 15) is 14.4 Å². The zero-order valence-electron chi connectivity index (χ0n) is 18.2. The fourth-order valence-corrected chi connectivity index (χ4v) is 3.89. The fourth-order valence-electron chi connectivity index (χ4n) is 3.89. The van der Waals surface area contributed by atoms with E-state index in [-0.39, 0.29) is 17.7 Å². The number of methoxy groups -OCH3 is 2. The van der Waals surface area contributed by atoms with Gasteiger partial charge in [-0.15, -0.1) is 0 Å². The molecule has 9 heteroatoms. The average molecular weight is 434 g/mol. The molecule has 1 fully saturated rings. The summed E-state index contributed by atoms with van der Waals surface area (Å²) in [7, 11) is 3.12. The predicted molar refractivity (Wildman–Crippen MR) is 115 cm³/mol. The SMILES string of the molecule is COCCNC(=O)CCCCCOc1cc2c(cc1OC)C(=O)N1CCC[C@H]1C(=O)N2. The Kier molecular flexibility index (Phi) is 8.11. The molecule has 1 aromatic carbocycles. The topological polar surface area (TPSA) is 106 Å². The van der Waals surface area contributed by atoms with Crippen LogP contribution >= 0.6 is 0 Å². The van der Waals surface area contributed by atoms with Crippen molar-refractivity contribution in [2.75, 3.05) is 45.8 Å². The Balaban J connectivity index is 1.53. The van der Waals surface area contributed by atoms with Crippen LogP contribution in [-0.4, -0.2) is 69.2 Å². The molecule has 0 unspecified atom stereocenters. The summed E-state index contributed by atoms with van der Waals surface area (Å²) in [5.74, 6) is 0.630. The van der Waals surface area contributed by atoms with Gasteiger partial charge in [0.1, 0.15) is 6.04 Å². The maximum atomic E-state index is 12.9. The molecule has 170 valence electrons. The van der Waals surface area contributed by atoms with E-state index in [4.69, 9.17) is 14.2 Å². The monoisotopic (exact) mass is 433 g/mol. The highest BCUT2D eigenvalue weighted by molar-refractivity contribution is 6.10. The summed E-state index contributed by atoms with van der Waals surface area (Å²) < 4.78 is 16.2. The summed E-state index contributed by atoms with van der Waals surface area (Å²) in [5, 5.41) is 5.66. The first-order valence-corrected chi connectivity index (χ1v) is 10.8.